The van der Waals surface area contributed by atoms with Crippen molar-refractivity contribution in [3.63, 3.8) is 0 Å². The van der Waals surface area contributed by atoms with E-state index in [1.807, 2.05) is 12.1 Å². The number of nitrogens with zero attached hydrogens (tertiary/aromatic N) is 2. The fraction of sp³-hybridized carbons (Fsp3) is 0.267. The van der Waals surface area contributed by atoms with Gasteiger partial charge >= 0.3 is 0 Å². The predicted octanol–water partition coefficient (Wildman–Crippen LogP) is 4.05. The summed E-state index contributed by atoms with van der Waals surface area (Å²) in [6.45, 7) is 0. The van der Waals surface area contributed by atoms with Gasteiger partial charge in [-0.15, -0.1) is 11.8 Å². The Morgan fingerprint density at radius 1 is 1.20 bits per heavy atom. The van der Waals surface area contributed by atoms with Gasteiger partial charge < -0.3 is 0 Å². The molecule has 1 aliphatic rings. The molecule has 0 saturated heterocycles. The lowest BCUT2D eigenvalue weighted by atomic mass is 9.96. The molecule has 0 spiro atoms. The Balaban J connectivity index is 1.72. The molecule has 0 atom stereocenters. The van der Waals surface area contributed by atoms with Gasteiger partial charge in [-0.05, 0) is 37.1 Å². The molecule has 3 rings (SSSR count). The average Bonchev–Trinajstić information content (AvgIpc) is 2.47. The minimum absolute atomic E-state index is 0.179. The molecule has 2 aromatic rings. The third-order valence-electron chi connectivity index (χ3n) is 3.22. The first-order chi connectivity index (χ1) is 9.72. The number of fused-ring (bicyclic) bond motifs is 1. The Labute approximate surface area is 130 Å². The van der Waals surface area contributed by atoms with E-state index in [9.17, 15) is 4.79 Å². The lowest BCUT2D eigenvalue weighted by Crippen LogP contribution is -2.14. The predicted molar refractivity (Wildman–Crippen MR) is 83.0 cm³/mol. The number of hydrogen-bond acceptors (Lipinski definition) is 4. The van der Waals surface area contributed by atoms with Crippen LogP contribution in [0.3, 0.4) is 0 Å². The summed E-state index contributed by atoms with van der Waals surface area (Å²) in [5.41, 5.74) is 1.64. The SMILES string of the molecule is O=C1CCCc2nc(CSc3ccc(Br)cc3)ncc21. The number of aryl methyl sites for hydroxylation is 1. The van der Waals surface area contributed by atoms with Crippen LogP contribution in [-0.2, 0) is 12.2 Å². The van der Waals surface area contributed by atoms with Crippen LogP contribution < -0.4 is 0 Å². The van der Waals surface area contributed by atoms with Gasteiger partial charge in [-0.3, -0.25) is 4.79 Å². The monoisotopic (exact) mass is 348 g/mol. The molecule has 0 N–H and O–H groups in total. The zero-order valence-corrected chi connectivity index (χ0v) is 13.2. The van der Waals surface area contributed by atoms with E-state index < -0.39 is 0 Å². The van der Waals surface area contributed by atoms with Crippen molar-refractivity contribution in [1.82, 2.24) is 9.97 Å². The summed E-state index contributed by atoms with van der Waals surface area (Å²) in [6.07, 6.45) is 4.12. The van der Waals surface area contributed by atoms with Crippen molar-refractivity contribution in [2.75, 3.05) is 0 Å². The number of carbonyl (C=O) groups is 1. The van der Waals surface area contributed by atoms with Crippen LogP contribution in [0.25, 0.3) is 0 Å². The molecule has 0 aliphatic heterocycles. The summed E-state index contributed by atoms with van der Waals surface area (Å²) < 4.78 is 1.07. The molecule has 0 radical (unpaired) electrons. The second-order valence-electron chi connectivity index (χ2n) is 4.67. The van der Waals surface area contributed by atoms with Gasteiger partial charge in [0.2, 0.25) is 0 Å². The standard InChI is InChI=1S/C15H13BrN2OS/c16-10-4-6-11(7-5-10)20-9-15-17-8-12-13(18-15)2-1-3-14(12)19/h4-8H,1-3,9H2. The molecule has 102 valence electrons. The van der Waals surface area contributed by atoms with Crippen LogP contribution >= 0.6 is 27.7 Å². The van der Waals surface area contributed by atoms with E-state index in [1.54, 1.807) is 18.0 Å². The van der Waals surface area contributed by atoms with Crippen LogP contribution in [0.5, 0.6) is 0 Å². The summed E-state index contributed by atoms with van der Waals surface area (Å²) in [5.74, 6) is 1.70. The number of Topliss-reactive ketones (excluding diaryl/α,β-unsaturated/α-hetero) is 1. The maximum Gasteiger partial charge on any atom is 0.166 e. The Morgan fingerprint density at radius 2 is 2.00 bits per heavy atom. The lowest BCUT2D eigenvalue weighted by Gasteiger charge is -2.13. The summed E-state index contributed by atoms with van der Waals surface area (Å²) in [5, 5.41) is 0. The van der Waals surface area contributed by atoms with Gasteiger partial charge in [-0.1, -0.05) is 15.9 Å². The van der Waals surface area contributed by atoms with E-state index in [1.165, 1.54) is 4.90 Å². The maximum absolute atomic E-state index is 11.7. The molecular formula is C15H13BrN2OS. The summed E-state index contributed by atoms with van der Waals surface area (Å²) in [6, 6.07) is 8.18. The van der Waals surface area contributed by atoms with Gasteiger partial charge in [0, 0.05) is 22.0 Å². The highest BCUT2D eigenvalue weighted by atomic mass is 79.9. The normalized spacial score (nSPS) is 14.2. The van der Waals surface area contributed by atoms with E-state index in [-0.39, 0.29) is 5.78 Å². The van der Waals surface area contributed by atoms with Crippen LogP contribution in [0.2, 0.25) is 0 Å². The molecular weight excluding hydrogens is 336 g/mol. The van der Waals surface area contributed by atoms with Crippen LogP contribution in [0.15, 0.2) is 39.8 Å². The number of benzene rings is 1. The van der Waals surface area contributed by atoms with Crippen molar-refractivity contribution in [3.8, 4) is 0 Å². The summed E-state index contributed by atoms with van der Waals surface area (Å²) in [7, 11) is 0. The number of hydrogen-bond donors (Lipinski definition) is 0. The van der Waals surface area contributed by atoms with Gasteiger partial charge in [0.15, 0.2) is 5.78 Å². The fourth-order valence-electron chi connectivity index (χ4n) is 2.18. The molecule has 1 aromatic carbocycles. The van der Waals surface area contributed by atoms with Gasteiger partial charge in [0.25, 0.3) is 0 Å². The number of aromatic nitrogens is 2. The fourth-order valence-corrected chi connectivity index (χ4v) is 3.21. The molecule has 0 fully saturated rings. The second-order valence-corrected chi connectivity index (χ2v) is 6.63. The lowest BCUT2D eigenvalue weighted by molar-refractivity contribution is 0.0971. The highest BCUT2D eigenvalue weighted by Crippen LogP contribution is 2.24. The second kappa shape index (κ2) is 6.06. The highest BCUT2D eigenvalue weighted by Gasteiger charge is 2.19. The van der Waals surface area contributed by atoms with Crippen LogP contribution in [0.4, 0.5) is 0 Å². The van der Waals surface area contributed by atoms with Gasteiger partial charge in [0.05, 0.1) is 17.0 Å². The molecule has 0 saturated carbocycles. The topological polar surface area (TPSA) is 42.9 Å². The van der Waals surface area contributed by atoms with Crippen molar-refractivity contribution in [2.24, 2.45) is 0 Å². The third kappa shape index (κ3) is 3.10. The molecule has 5 heteroatoms. The largest absolute Gasteiger partial charge is 0.294 e. The van der Waals surface area contributed by atoms with Crippen molar-refractivity contribution in [2.45, 2.75) is 29.9 Å². The average molecular weight is 349 g/mol. The number of halogens is 1. The van der Waals surface area contributed by atoms with Crippen molar-refractivity contribution in [1.29, 1.82) is 0 Å². The molecule has 20 heavy (non-hydrogen) atoms. The molecule has 0 bridgehead atoms. The molecule has 0 amide bonds. The van der Waals surface area contributed by atoms with E-state index in [0.717, 1.165) is 34.6 Å². The number of carbonyl (C=O) groups excluding carboxylic acids is 1. The number of thioether (sulfide) groups is 1. The van der Waals surface area contributed by atoms with Gasteiger partial charge in [-0.2, -0.15) is 0 Å². The van der Waals surface area contributed by atoms with Crippen LogP contribution in [0, 0.1) is 0 Å². The number of ketones is 1. The van der Waals surface area contributed by atoms with Gasteiger partial charge in [0.1, 0.15) is 5.82 Å². The quantitative estimate of drug-likeness (QED) is 0.784. The van der Waals surface area contributed by atoms with Crippen LogP contribution in [-0.4, -0.2) is 15.8 Å². The highest BCUT2D eigenvalue weighted by molar-refractivity contribution is 9.10. The van der Waals surface area contributed by atoms with Crippen molar-refractivity contribution >= 4 is 33.5 Å². The van der Waals surface area contributed by atoms with E-state index in [2.05, 4.69) is 38.0 Å². The first kappa shape index (κ1) is 13.8. The Kier molecular flexibility index (Phi) is 4.17. The van der Waals surface area contributed by atoms with Crippen LogP contribution in [0.1, 0.15) is 34.7 Å². The third-order valence-corrected chi connectivity index (χ3v) is 4.75. The minimum atomic E-state index is 0.179. The smallest absolute Gasteiger partial charge is 0.166 e. The summed E-state index contributed by atoms with van der Waals surface area (Å²) in [4.78, 5) is 21.8. The minimum Gasteiger partial charge on any atom is -0.294 e. The van der Waals surface area contributed by atoms with E-state index in [4.69, 9.17) is 0 Å². The Morgan fingerprint density at radius 3 is 2.80 bits per heavy atom. The molecule has 1 aliphatic carbocycles. The zero-order valence-electron chi connectivity index (χ0n) is 10.8. The Bertz CT molecular complexity index is 643. The maximum atomic E-state index is 11.7. The molecule has 0 unspecified atom stereocenters. The van der Waals surface area contributed by atoms with Crippen molar-refractivity contribution in [3.05, 3.63) is 52.0 Å². The van der Waals surface area contributed by atoms with E-state index in [0.29, 0.717) is 12.0 Å². The Hall–Kier alpha value is -1.20. The zero-order chi connectivity index (χ0) is 13.9. The molecule has 1 aromatic heterocycles. The molecule has 3 nitrogen and oxygen atoms in total. The van der Waals surface area contributed by atoms with Gasteiger partial charge in [-0.25, -0.2) is 9.97 Å². The molecule has 1 heterocycles. The number of rotatable bonds is 3. The summed E-state index contributed by atoms with van der Waals surface area (Å²) >= 11 is 5.13. The first-order valence-corrected chi connectivity index (χ1v) is 8.26. The van der Waals surface area contributed by atoms with E-state index >= 15 is 0 Å². The van der Waals surface area contributed by atoms with Crippen molar-refractivity contribution < 1.29 is 4.79 Å². The first-order valence-electron chi connectivity index (χ1n) is 6.49.